The van der Waals surface area contributed by atoms with Gasteiger partial charge in [-0.15, -0.1) is 0 Å². The Hall–Kier alpha value is -3.29. The molecule has 0 bridgehead atoms. The van der Waals surface area contributed by atoms with E-state index in [2.05, 4.69) is 15.1 Å². The molecule has 0 unspecified atom stereocenters. The fourth-order valence-electron chi connectivity index (χ4n) is 2.88. The van der Waals surface area contributed by atoms with Gasteiger partial charge in [0.05, 0.1) is 17.6 Å². The minimum atomic E-state index is -0.589. The van der Waals surface area contributed by atoms with Crippen LogP contribution in [0, 0.1) is 6.92 Å². The number of carbonyl (C=O) groups excluding carboxylic acids is 2. The summed E-state index contributed by atoms with van der Waals surface area (Å²) in [6.45, 7) is 7.18. The van der Waals surface area contributed by atoms with Crippen LogP contribution in [-0.4, -0.2) is 37.2 Å². The molecular formula is C20H23N5O3. The van der Waals surface area contributed by atoms with E-state index in [1.807, 2.05) is 25.1 Å². The Morgan fingerprint density at radius 3 is 2.43 bits per heavy atom. The lowest BCUT2D eigenvalue weighted by atomic mass is 10.0. The van der Waals surface area contributed by atoms with E-state index < -0.39 is 17.5 Å². The molecule has 8 nitrogen and oxygen atoms in total. The molecule has 0 fully saturated rings. The van der Waals surface area contributed by atoms with Gasteiger partial charge in [-0.2, -0.15) is 5.10 Å². The van der Waals surface area contributed by atoms with Crippen LogP contribution in [0.3, 0.4) is 0 Å². The number of ether oxygens (including phenoxy) is 1. The van der Waals surface area contributed by atoms with E-state index in [9.17, 15) is 9.59 Å². The molecule has 2 N–H and O–H groups in total. The fraction of sp³-hybridized carbons (Fsp3) is 0.350. The van der Waals surface area contributed by atoms with Gasteiger partial charge in [0.15, 0.2) is 0 Å². The van der Waals surface area contributed by atoms with Crippen LogP contribution in [0.2, 0.25) is 0 Å². The van der Waals surface area contributed by atoms with E-state index in [1.165, 1.54) is 4.68 Å². The van der Waals surface area contributed by atoms with Gasteiger partial charge in [-0.1, -0.05) is 6.07 Å². The zero-order valence-corrected chi connectivity index (χ0v) is 16.4. The van der Waals surface area contributed by atoms with Gasteiger partial charge in [0.2, 0.25) is 5.91 Å². The predicted octanol–water partition coefficient (Wildman–Crippen LogP) is 2.17. The molecule has 3 rings (SSSR count). The van der Waals surface area contributed by atoms with Gasteiger partial charge in [0, 0.05) is 23.3 Å². The van der Waals surface area contributed by atoms with Gasteiger partial charge >= 0.3 is 5.97 Å². The number of nitrogens with two attached hydrogens (primary N) is 1. The molecule has 28 heavy (non-hydrogen) atoms. The van der Waals surface area contributed by atoms with E-state index in [4.69, 9.17) is 10.5 Å². The summed E-state index contributed by atoms with van der Waals surface area (Å²) in [6.07, 6.45) is 3.45. The monoisotopic (exact) mass is 381 g/mol. The van der Waals surface area contributed by atoms with Crippen molar-refractivity contribution < 1.29 is 14.3 Å². The number of benzene rings is 1. The minimum absolute atomic E-state index is 0.0222. The Kier molecular flexibility index (Phi) is 5.13. The Labute approximate surface area is 162 Å². The molecule has 0 aliphatic carbocycles. The molecule has 2 heterocycles. The van der Waals surface area contributed by atoms with E-state index in [-0.39, 0.29) is 13.0 Å². The van der Waals surface area contributed by atoms with Gasteiger partial charge in [-0.05, 0) is 45.4 Å². The summed E-state index contributed by atoms with van der Waals surface area (Å²) in [5.74, 6) is -0.212. The Bertz CT molecular complexity index is 1030. The maximum Gasteiger partial charge on any atom is 0.328 e. The highest BCUT2D eigenvalue weighted by Crippen LogP contribution is 2.26. The van der Waals surface area contributed by atoms with Gasteiger partial charge in [0.1, 0.15) is 18.0 Å². The van der Waals surface area contributed by atoms with Crippen molar-refractivity contribution in [3.63, 3.8) is 0 Å². The average Bonchev–Trinajstić information content (AvgIpc) is 2.90. The molecule has 0 aliphatic heterocycles. The summed E-state index contributed by atoms with van der Waals surface area (Å²) >= 11 is 0. The van der Waals surface area contributed by atoms with Gasteiger partial charge in [0.25, 0.3) is 0 Å². The van der Waals surface area contributed by atoms with Crippen molar-refractivity contribution in [3.8, 4) is 11.1 Å². The minimum Gasteiger partial charge on any atom is -0.459 e. The number of nitrogens with zero attached hydrogens (tertiary/aromatic N) is 4. The molecule has 2 aromatic heterocycles. The maximum absolute atomic E-state index is 12.2. The zero-order chi connectivity index (χ0) is 20.5. The number of aryl methyl sites for hydroxylation is 1. The standard InChI is InChI=1S/C20H23N5O3/c1-12-22-9-14(10-23-12)13-5-6-17-15(7-13)16(8-18(21)26)24-25(17)11-19(27)28-20(2,3)4/h5-7,9-10H,8,11H2,1-4H3,(H2,21,26). The van der Waals surface area contributed by atoms with E-state index >= 15 is 0 Å². The molecule has 0 saturated carbocycles. The molecule has 0 radical (unpaired) electrons. The van der Waals surface area contributed by atoms with Crippen LogP contribution in [0.15, 0.2) is 30.6 Å². The van der Waals surface area contributed by atoms with Crippen LogP contribution < -0.4 is 5.73 Å². The summed E-state index contributed by atoms with van der Waals surface area (Å²) in [5.41, 5.74) is 7.75. The summed E-state index contributed by atoms with van der Waals surface area (Å²) < 4.78 is 6.92. The lowest BCUT2D eigenvalue weighted by Crippen LogP contribution is -2.26. The quantitative estimate of drug-likeness (QED) is 0.678. The predicted molar refractivity (Wildman–Crippen MR) is 104 cm³/mol. The smallest absolute Gasteiger partial charge is 0.328 e. The largest absolute Gasteiger partial charge is 0.459 e. The number of rotatable bonds is 5. The molecule has 0 atom stereocenters. The second-order valence-electron chi connectivity index (χ2n) is 7.58. The van der Waals surface area contributed by atoms with Crippen molar-refractivity contribution in [2.24, 2.45) is 5.73 Å². The number of esters is 1. The summed E-state index contributed by atoms with van der Waals surface area (Å²) in [7, 11) is 0. The van der Waals surface area contributed by atoms with Gasteiger partial charge in [-0.25, -0.2) is 9.97 Å². The fourth-order valence-corrected chi connectivity index (χ4v) is 2.88. The molecule has 3 aromatic rings. The van der Waals surface area contributed by atoms with Crippen LogP contribution in [0.1, 0.15) is 32.3 Å². The first-order valence-electron chi connectivity index (χ1n) is 8.91. The van der Waals surface area contributed by atoms with Gasteiger partial charge in [-0.3, -0.25) is 14.3 Å². The molecule has 0 aliphatic rings. The number of hydrogen-bond donors (Lipinski definition) is 1. The third kappa shape index (κ3) is 4.51. The maximum atomic E-state index is 12.2. The van der Waals surface area contributed by atoms with Crippen LogP contribution in [0.4, 0.5) is 0 Å². The Morgan fingerprint density at radius 1 is 1.14 bits per heavy atom. The first-order valence-corrected chi connectivity index (χ1v) is 8.91. The Morgan fingerprint density at radius 2 is 1.82 bits per heavy atom. The molecule has 1 amide bonds. The summed E-state index contributed by atoms with van der Waals surface area (Å²) in [6, 6.07) is 5.66. The highest BCUT2D eigenvalue weighted by Gasteiger charge is 2.20. The third-order valence-corrected chi connectivity index (χ3v) is 3.98. The topological polar surface area (TPSA) is 113 Å². The number of carbonyl (C=O) groups is 2. The lowest BCUT2D eigenvalue weighted by molar-refractivity contribution is -0.155. The van der Waals surface area contributed by atoms with Crippen LogP contribution in [0.5, 0.6) is 0 Å². The van der Waals surface area contributed by atoms with E-state index in [1.54, 1.807) is 33.2 Å². The first kappa shape index (κ1) is 19.5. The summed E-state index contributed by atoms with van der Waals surface area (Å²) in [4.78, 5) is 32.2. The number of hydrogen-bond acceptors (Lipinski definition) is 6. The molecule has 0 saturated heterocycles. The molecular weight excluding hydrogens is 358 g/mol. The van der Waals surface area contributed by atoms with Crippen molar-refractivity contribution in [2.75, 3.05) is 0 Å². The first-order chi connectivity index (χ1) is 13.1. The van der Waals surface area contributed by atoms with Crippen molar-refractivity contribution >= 4 is 22.8 Å². The highest BCUT2D eigenvalue weighted by molar-refractivity contribution is 5.91. The van der Waals surface area contributed by atoms with E-state index in [0.29, 0.717) is 11.5 Å². The zero-order valence-electron chi connectivity index (χ0n) is 16.4. The highest BCUT2D eigenvalue weighted by atomic mass is 16.6. The normalized spacial score (nSPS) is 11.6. The van der Waals surface area contributed by atoms with Crippen molar-refractivity contribution in [1.29, 1.82) is 0 Å². The van der Waals surface area contributed by atoms with Crippen LogP contribution in [0.25, 0.3) is 22.0 Å². The lowest BCUT2D eigenvalue weighted by Gasteiger charge is -2.19. The van der Waals surface area contributed by atoms with Crippen molar-refractivity contribution in [3.05, 3.63) is 42.1 Å². The second-order valence-corrected chi connectivity index (χ2v) is 7.58. The molecule has 8 heteroatoms. The van der Waals surface area contributed by atoms with Crippen LogP contribution >= 0.6 is 0 Å². The number of amides is 1. The summed E-state index contributed by atoms with van der Waals surface area (Å²) in [5, 5.41) is 5.18. The SMILES string of the molecule is Cc1ncc(-c2ccc3c(c2)c(CC(N)=O)nn3CC(=O)OC(C)(C)C)cn1. The number of primary amides is 1. The third-order valence-electron chi connectivity index (χ3n) is 3.98. The number of aromatic nitrogens is 4. The van der Waals surface area contributed by atoms with Crippen molar-refractivity contribution in [1.82, 2.24) is 19.7 Å². The van der Waals surface area contributed by atoms with Crippen molar-refractivity contribution in [2.45, 2.75) is 46.3 Å². The molecule has 146 valence electrons. The molecule has 0 spiro atoms. The average molecular weight is 381 g/mol. The Balaban J connectivity index is 2.02. The van der Waals surface area contributed by atoms with Crippen LogP contribution in [-0.2, 0) is 27.3 Å². The van der Waals surface area contributed by atoms with Gasteiger partial charge < -0.3 is 10.5 Å². The second kappa shape index (κ2) is 7.38. The molecule has 1 aromatic carbocycles. The number of fused-ring (bicyclic) bond motifs is 1. The van der Waals surface area contributed by atoms with E-state index in [0.717, 1.165) is 22.0 Å².